The second-order valence-electron chi connectivity index (χ2n) is 3.55. The van der Waals surface area contributed by atoms with Gasteiger partial charge in [-0.15, -0.1) is 0 Å². The summed E-state index contributed by atoms with van der Waals surface area (Å²) in [5.41, 5.74) is 0. The Labute approximate surface area is 125 Å². The predicted molar refractivity (Wildman–Crippen MR) is 74.3 cm³/mol. The van der Waals surface area contributed by atoms with E-state index in [0.29, 0.717) is 21.6 Å². The molecule has 1 aromatic heterocycles. The van der Waals surface area contributed by atoms with Crippen molar-refractivity contribution in [1.29, 1.82) is 0 Å². The summed E-state index contributed by atoms with van der Waals surface area (Å²) in [6.07, 6.45) is 0. The number of hydrogen-bond acceptors (Lipinski definition) is 4. The Balaban J connectivity index is 2.27. The number of aromatic nitrogens is 2. The summed E-state index contributed by atoms with van der Waals surface area (Å²) in [5.74, 6) is 1.15. The lowest BCUT2D eigenvalue weighted by atomic mass is 10.3. The Hall–Kier alpha value is -1.07. The lowest BCUT2D eigenvalue weighted by Gasteiger charge is -2.08. The van der Waals surface area contributed by atoms with Crippen LogP contribution in [0.1, 0.15) is 5.82 Å². The van der Waals surface area contributed by atoms with Crippen LogP contribution < -0.4 is 4.74 Å². The van der Waals surface area contributed by atoms with Crippen LogP contribution in [-0.2, 0) is 11.3 Å². The number of benzene rings is 1. The molecule has 2 aromatic rings. The van der Waals surface area contributed by atoms with Gasteiger partial charge in [0.1, 0.15) is 17.5 Å². The Morgan fingerprint density at radius 1 is 1.11 bits per heavy atom. The zero-order valence-corrected chi connectivity index (χ0v) is 12.1. The second kappa shape index (κ2) is 6.39. The van der Waals surface area contributed by atoms with Crippen molar-refractivity contribution >= 4 is 34.8 Å². The van der Waals surface area contributed by atoms with E-state index in [1.54, 1.807) is 25.3 Å². The van der Waals surface area contributed by atoms with Gasteiger partial charge in [-0.3, -0.25) is 0 Å². The first-order valence-electron chi connectivity index (χ1n) is 5.24. The molecular formula is C12H9Cl3N2O2. The normalized spacial score (nSPS) is 10.5. The summed E-state index contributed by atoms with van der Waals surface area (Å²) in [7, 11) is 1.54. The van der Waals surface area contributed by atoms with Crippen LogP contribution in [0.3, 0.4) is 0 Å². The van der Waals surface area contributed by atoms with Gasteiger partial charge < -0.3 is 9.47 Å². The minimum Gasteiger partial charge on any atom is -0.437 e. The van der Waals surface area contributed by atoms with Gasteiger partial charge in [-0.05, 0) is 18.2 Å². The van der Waals surface area contributed by atoms with Gasteiger partial charge in [0.15, 0.2) is 5.82 Å². The summed E-state index contributed by atoms with van der Waals surface area (Å²) in [6, 6.07) is 6.39. The first-order valence-corrected chi connectivity index (χ1v) is 6.37. The molecule has 19 heavy (non-hydrogen) atoms. The summed E-state index contributed by atoms with van der Waals surface area (Å²) < 4.78 is 10.5. The average Bonchev–Trinajstić information content (AvgIpc) is 2.32. The van der Waals surface area contributed by atoms with Gasteiger partial charge in [0.25, 0.3) is 0 Å². The van der Waals surface area contributed by atoms with E-state index in [4.69, 9.17) is 44.3 Å². The van der Waals surface area contributed by atoms with Crippen molar-refractivity contribution < 1.29 is 9.47 Å². The lowest BCUT2D eigenvalue weighted by molar-refractivity contribution is 0.177. The number of nitrogens with zero attached hydrogens (tertiary/aromatic N) is 2. The molecule has 0 saturated carbocycles. The molecule has 0 aliphatic rings. The zero-order valence-electron chi connectivity index (χ0n) is 9.86. The highest BCUT2D eigenvalue weighted by molar-refractivity contribution is 6.35. The van der Waals surface area contributed by atoms with E-state index in [0.717, 1.165) is 0 Å². The molecule has 0 unspecified atom stereocenters. The standard InChI is InChI=1S/C12H9Cl3N2O2/c1-18-6-11-16-10(15)5-12(17-11)19-9-3-2-7(13)4-8(9)14/h2-5H,6H2,1H3. The summed E-state index contributed by atoms with van der Waals surface area (Å²) in [6.45, 7) is 0.241. The lowest BCUT2D eigenvalue weighted by Crippen LogP contribution is -1.99. The van der Waals surface area contributed by atoms with Crippen LogP contribution >= 0.6 is 34.8 Å². The summed E-state index contributed by atoms with van der Waals surface area (Å²) in [5, 5.41) is 1.18. The highest BCUT2D eigenvalue weighted by Gasteiger charge is 2.08. The first kappa shape index (κ1) is 14.3. The molecule has 7 heteroatoms. The van der Waals surface area contributed by atoms with E-state index in [1.165, 1.54) is 6.07 Å². The van der Waals surface area contributed by atoms with Crippen molar-refractivity contribution in [2.45, 2.75) is 6.61 Å². The quantitative estimate of drug-likeness (QED) is 0.785. The van der Waals surface area contributed by atoms with Gasteiger partial charge in [-0.25, -0.2) is 4.98 Å². The molecule has 1 heterocycles. The Morgan fingerprint density at radius 3 is 2.58 bits per heavy atom. The maximum absolute atomic E-state index is 6.01. The molecule has 100 valence electrons. The fourth-order valence-corrected chi connectivity index (χ4v) is 2.00. The zero-order chi connectivity index (χ0) is 13.8. The molecule has 2 rings (SSSR count). The fourth-order valence-electron chi connectivity index (χ4n) is 1.36. The van der Waals surface area contributed by atoms with Gasteiger partial charge in [0.05, 0.1) is 5.02 Å². The molecule has 0 amide bonds. The third-order valence-electron chi connectivity index (χ3n) is 2.10. The van der Waals surface area contributed by atoms with E-state index in [-0.39, 0.29) is 17.6 Å². The minimum absolute atomic E-state index is 0.241. The van der Waals surface area contributed by atoms with Crippen molar-refractivity contribution in [3.63, 3.8) is 0 Å². The molecule has 0 N–H and O–H groups in total. The molecule has 0 aliphatic heterocycles. The Morgan fingerprint density at radius 2 is 1.89 bits per heavy atom. The van der Waals surface area contributed by atoms with Crippen molar-refractivity contribution in [3.8, 4) is 11.6 Å². The number of ether oxygens (including phenoxy) is 2. The molecule has 0 aliphatic carbocycles. The topological polar surface area (TPSA) is 44.2 Å². The van der Waals surface area contributed by atoms with Gasteiger partial charge in [-0.1, -0.05) is 34.8 Å². The van der Waals surface area contributed by atoms with Crippen LogP contribution in [0, 0.1) is 0 Å². The highest BCUT2D eigenvalue weighted by atomic mass is 35.5. The third kappa shape index (κ3) is 3.94. The largest absolute Gasteiger partial charge is 0.437 e. The average molecular weight is 320 g/mol. The minimum atomic E-state index is 0.241. The van der Waals surface area contributed by atoms with E-state index in [9.17, 15) is 0 Å². The van der Waals surface area contributed by atoms with Crippen LogP contribution in [0.2, 0.25) is 15.2 Å². The van der Waals surface area contributed by atoms with E-state index < -0.39 is 0 Å². The molecule has 0 bridgehead atoms. The molecule has 0 fully saturated rings. The van der Waals surface area contributed by atoms with Gasteiger partial charge in [-0.2, -0.15) is 4.98 Å². The molecule has 1 aromatic carbocycles. The van der Waals surface area contributed by atoms with Gasteiger partial charge >= 0.3 is 0 Å². The monoisotopic (exact) mass is 318 g/mol. The Bertz CT molecular complexity index is 593. The molecule has 0 atom stereocenters. The number of rotatable bonds is 4. The van der Waals surface area contributed by atoms with Crippen molar-refractivity contribution in [3.05, 3.63) is 45.3 Å². The smallest absolute Gasteiger partial charge is 0.224 e. The van der Waals surface area contributed by atoms with Crippen molar-refractivity contribution in [2.24, 2.45) is 0 Å². The molecule has 4 nitrogen and oxygen atoms in total. The predicted octanol–water partition coefficient (Wildman–Crippen LogP) is 4.38. The summed E-state index contributed by atoms with van der Waals surface area (Å²) in [4.78, 5) is 8.14. The van der Waals surface area contributed by atoms with Crippen LogP contribution in [0.4, 0.5) is 0 Å². The fraction of sp³-hybridized carbons (Fsp3) is 0.167. The maximum atomic E-state index is 6.01. The highest BCUT2D eigenvalue weighted by Crippen LogP contribution is 2.31. The maximum Gasteiger partial charge on any atom is 0.224 e. The Kier molecular flexibility index (Phi) is 4.82. The van der Waals surface area contributed by atoms with Gasteiger partial charge in [0, 0.05) is 18.2 Å². The molecular weight excluding hydrogens is 311 g/mol. The van der Waals surface area contributed by atoms with Crippen LogP contribution in [0.25, 0.3) is 0 Å². The first-order chi connectivity index (χ1) is 9.08. The van der Waals surface area contributed by atoms with Crippen LogP contribution in [-0.4, -0.2) is 17.1 Å². The SMILES string of the molecule is COCc1nc(Cl)cc(Oc2ccc(Cl)cc2Cl)n1. The molecule has 0 saturated heterocycles. The number of methoxy groups -OCH3 is 1. The third-order valence-corrected chi connectivity index (χ3v) is 2.82. The van der Waals surface area contributed by atoms with Crippen molar-refractivity contribution in [2.75, 3.05) is 7.11 Å². The summed E-state index contributed by atoms with van der Waals surface area (Å²) >= 11 is 17.7. The number of hydrogen-bond donors (Lipinski definition) is 0. The van der Waals surface area contributed by atoms with E-state index >= 15 is 0 Å². The molecule has 0 radical (unpaired) electrons. The second-order valence-corrected chi connectivity index (χ2v) is 4.79. The van der Waals surface area contributed by atoms with Crippen LogP contribution in [0.15, 0.2) is 24.3 Å². The van der Waals surface area contributed by atoms with E-state index in [1.807, 2.05) is 0 Å². The van der Waals surface area contributed by atoms with Gasteiger partial charge in [0.2, 0.25) is 5.88 Å². The number of halogens is 3. The van der Waals surface area contributed by atoms with Crippen LogP contribution in [0.5, 0.6) is 11.6 Å². The molecule has 0 spiro atoms. The van der Waals surface area contributed by atoms with E-state index in [2.05, 4.69) is 9.97 Å². The van der Waals surface area contributed by atoms with Crippen molar-refractivity contribution in [1.82, 2.24) is 9.97 Å².